The number of nitrogens with one attached hydrogen (secondary N) is 1. The van der Waals surface area contributed by atoms with Crippen molar-refractivity contribution in [2.24, 2.45) is 11.8 Å². The predicted molar refractivity (Wildman–Crippen MR) is 53.9 cm³/mol. The van der Waals surface area contributed by atoms with Crippen LogP contribution in [-0.2, 0) is 6.42 Å². The molecular weight excluding hydrogens is 192 g/mol. The third-order valence-electron chi connectivity index (χ3n) is 3.83. The van der Waals surface area contributed by atoms with Crippen molar-refractivity contribution in [2.45, 2.75) is 32.1 Å². The molecule has 1 heterocycles. The summed E-state index contributed by atoms with van der Waals surface area (Å²) in [7, 11) is 0. The summed E-state index contributed by atoms with van der Waals surface area (Å²) in [6, 6.07) is 0. The van der Waals surface area contributed by atoms with Crippen molar-refractivity contribution >= 4 is 5.97 Å². The van der Waals surface area contributed by atoms with Crippen molar-refractivity contribution in [1.29, 1.82) is 0 Å². The molecule has 2 aliphatic carbocycles. The zero-order valence-electron chi connectivity index (χ0n) is 8.66. The van der Waals surface area contributed by atoms with Gasteiger partial charge in [-0.3, -0.25) is 5.10 Å². The largest absolute Gasteiger partial charge is 0.476 e. The van der Waals surface area contributed by atoms with E-state index in [0.29, 0.717) is 11.8 Å². The molecule has 0 aromatic carbocycles. The van der Waals surface area contributed by atoms with Crippen molar-refractivity contribution < 1.29 is 9.90 Å². The lowest BCUT2D eigenvalue weighted by atomic mass is 10.0. The number of hydrogen-bond acceptors (Lipinski definition) is 2. The third kappa shape index (κ3) is 1.07. The van der Waals surface area contributed by atoms with Crippen molar-refractivity contribution in [2.75, 3.05) is 0 Å². The summed E-state index contributed by atoms with van der Waals surface area (Å²) in [4.78, 5) is 10.9. The number of aromatic carboxylic acids is 1. The van der Waals surface area contributed by atoms with Crippen LogP contribution in [0.25, 0.3) is 0 Å². The highest BCUT2D eigenvalue weighted by Crippen LogP contribution is 2.62. The minimum atomic E-state index is -0.902. The zero-order chi connectivity index (χ0) is 10.6. The van der Waals surface area contributed by atoms with Gasteiger partial charge in [0, 0.05) is 17.2 Å². The van der Waals surface area contributed by atoms with Gasteiger partial charge in [0.25, 0.3) is 0 Å². The number of fused-ring (bicyclic) bond motifs is 3. The molecule has 3 atom stereocenters. The molecule has 3 rings (SSSR count). The maximum Gasteiger partial charge on any atom is 0.356 e. The summed E-state index contributed by atoms with van der Waals surface area (Å²) in [6.07, 6.45) is 3.39. The van der Waals surface area contributed by atoms with E-state index < -0.39 is 5.97 Å². The number of carboxylic acids is 1. The molecule has 0 aliphatic heterocycles. The minimum absolute atomic E-state index is 0.243. The Kier molecular flexibility index (Phi) is 1.69. The van der Waals surface area contributed by atoms with Gasteiger partial charge < -0.3 is 5.11 Å². The number of aromatic nitrogens is 2. The molecule has 0 bridgehead atoms. The molecule has 1 fully saturated rings. The van der Waals surface area contributed by atoms with E-state index in [-0.39, 0.29) is 5.69 Å². The molecule has 0 saturated heterocycles. The van der Waals surface area contributed by atoms with E-state index in [9.17, 15) is 4.79 Å². The summed E-state index contributed by atoms with van der Waals surface area (Å²) >= 11 is 0. The summed E-state index contributed by atoms with van der Waals surface area (Å²) < 4.78 is 0. The van der Waals surface area contributed by atoms with Gasteiger partial charge >= 0.3 is 5.97 Å². The Morgan fingerprint density at radius 2 is 2.47 bits per heavy atom. The van der Waals surface area contributed by atoms with Gasteiger partial charge in [-0.25, -0.2) is 4.79 Å². The number of hydrogen-bond donors (Lipinski definition) is 2. The first-order chi connectivity index (χ1) is 7.24. The highest BCUT2D eigenvalue weighted by molar-refractivity contribution is 5.87. The van der Waals surface area contributed by atoms with E-state index in [1.165, 1.54) is 12.8 Å². The summed E-state index contributed by atoms with van der Waals surface area (Å²) in [6.45, 7) is 2.20. The SMILES string of the molecule is CCC[C@@H]1[C@@H]2Cc3c(C(=O)O)n[nH]c3[C@H]12. The quantitative estimate of drug-likeness (QED) is 0.792. The number of nitrogens with zero attached hydrogens (tertiary/aromatic N) is 1. The second-order valence-corrected chi connectivity index (χ2v) is 4.62. The van der Waals surface area contributed by atoms with E-state index in [1.807, 2.05) is 0 Å². The number of H-pyrrole nitrogens is 1. The highest BCUT2D eigenvalue weighted by atomic mass is 16.4. The molecule has 0 radical (unpaired) electrons. The van der Waals surface area contributed by atoms with Crippen molar-refractivity contribution in [3.8, 4) is 0 Å². The van der Waals surface area contributed by atoms with Crippen molar-refractivity contribution in [3.05, 3.63) is 17.0 Å². The maximum absolute atomic E-state index is 10.9. The van der Waals surface area contributed by atoms with Gasteiger partial charge in [0.15, 0.2) is 5.69 Å². The molecule has 80 valence electrons. The second-order valence-electron chi connectivity index (χ2n) is 4.62. The van der Waals surface area contributed by atoms with Crippen LogP contribution in [0.1, 0.15) is 47.4 Å². The van der Waals surface area contributed by atoms with E-state index in [1.54, 1.807) is 0 Å². The van der Waals surface area contributed by atoms with E-state index in [2.05, 4.69) is 17.1 Å². The molecule has 0 spiro atoms. The highest BCUT2D eigenvalue weighted by Gasteiger charge is 2.56. The Labute approximate surface area is 87.7 Å². The summed E-state index contributed by atoms with van der Waals surface area (Å²) in [5, 5.41) is 15.7. The van der Waals surface area contributed by atoms with Crippen molar-refractivity contribution in [1.82, 2.24) is 10.2 Å². The molecule has 1 aromatic heterocycles. The average Bonchev–Trinajstić information content (AvgIpc) is 2.60. The lowest BCUT2D eigenvalue weighted by molar-refractivity contribution is 0.0689. The first kappa shape index (κ1) is 8.95. The maximum atomic E-state index is 10.9. The van der Waals surface area contributed by atoms with Gasteiger partial charge in [0.2, 0.25) is 0 Å². The van der Waals surface area contributed by atoms with E-state index >= 15 is 0 Å². The molecule has 2 aliphatic rings. The van der Waals surface area contributed by atoms with Gasteiger partial charge in [-0.15, -0.1) is 0 Å². The Morgan fingerprint density at radius 1 is 1.67 bits per heavy atom. The Hall–Kier alpha value is -1.32. The molecule has 1 aromatic rings. The lowest BCUT2D eigenvalue weighted by Gasteiger charge is -2.01. The van der Waals surface area contributed by atoms with Crippen LogP contribution in [-0.4, -0.2) is 21.3 Å². The third-order valence-corrected chi connectivity index (χ3v) is 3.83. The smallest absolute Gasteiger partial charge is 0.356 e. The molecule has 2 N–H and O–H groups in total. The second kappa shape index (κ2) is 2.84. The van der Waals surface area contributed by atoms with Crippen LogP contribution in [0, 0.1) is 11.8 Å². The zero-order valence-corrected chi connectivity index (χ0v) is 8.66. The van der Waals surface area contributed by atoms with E-state index in [0.717, 1.165) is 23.6 Å². The lowest BCUT2D eigenvalue weighted by Crippen LogP contribution is -2.02. The first-order valence-corrected chi connectivity index (χ1v) is 5.54. The van der Waals surface area contributed by atoms with Crippen molar-refractivity contribution in [3.63, 3.8) is 0 Å². The molecule has 1 saturated carbocycles. The molecular formula is C11H14N2O2. The molecule has 4 heteroatoms. The summed E-state index contributed by atoms with van der Waals surface area (Å²) in [5.41, 5.74) is 2.31. The van der Waals surface area contributed by atoms with Crippen LogP contribution in [0.5, 0.6) is 0 Å². The number of carboxylic acid groups (broad SMARTS) is 1. The Balaban J connectivity index is 1.88. The molecule has 0 unspecified atom stereocenters. The van der Waals surface area contributed by atoms with Gasteiger partial charge in [-0.2, -0.15) is 5.10 Å². The number of carbonyl (C=O) groups is 1. The molecule has 0 amide bonds. The standard InChI is InChI=1S/C11H14N2O2/c1-2-3-5-6-4-7-9(8(5)6)12-13-10(7)11(14)15/h5-6,8H,2-4H2,1H3,(H,12,13)(H,14,15)/t5-,6+,8-/m1/s1. The van der Waals surface area contributed by atoms with Crippen LogP contribution >= 0.6 is 0 Å². The Bertz CT molecular complexity index is 424. The fourth-order valence-electron chi connectivity index (χ4n) is 3.15. The van der Waals surface area contributed by atoms with Crippen LogP contribution in [0.15, 0.2) is 0 Å². The normalized spacial score (nSPS) is 31.1. The fraction of sp³-hybridized carbons (Fsp3) is 0.636. The topological polar surface area (TPSA) is 66.0 Å². The fourth-order valence-corrected chi connectivity index (χ4v) is 3.15. The van der Waals surface area contributed by atoms with Gasteiger partial charge in [-0.05, 0) is 24.7 Å². The van der Waals surface area contributed by atoms with E-state index in [4.69, 9.17) is 5.11 Å². The van der Waals surface area contributed by atoms with Gasteiger partial charge in [0.05, 0.1) is 0 Å². The van der Waals surface area contributed by atoms with Crippen LogP contribution in [0.4, 0.5) is 0 Å². The predicted octanol–water partition coefficient (Wildman–Crippen LogP) is 1.79. The minimum Gasteiger partial charge on any atom is -0.476 e. The van der Waals surface area contributed by atoms with Gasteiger partial charge in [-0.1, -0.05) is 13.3 Å². The number of aromatic amines is 1. The number of rotatable bonds is 3. The summed E-state index contributed by atoms with van der Waals surface area (Å²) in [5.74, 6) is 1.17. The molecule has 15 heavy (non-hydrogen) atoms. The molecule has 4 nitrogen and oxygen atoms in total. The Morgan fingerprint density at radius 3 is 3.13 bits per heavy atom. The van der Waals surface area contributed by atoms with Crippen LogP contribution < -0.4 is 0 Å². The van der Waals surface area contributed by atoms with Crippen LogP contribution in [0.3, 0.4) is 0 Å². The monoisotopic (exact) mass is 206 g/mol. The van der Waals surface area contributed by atoms with Crippen LogP contribution in [0.2, 0.25) is 0 Å². The van der Waals surface area contributed by atoms with Gasteiger partial charge in [0.1, 0.15) is 0 Å². The average molecular weight is 206 g/mol. The first-order valence-electron chi connectivity index (χ1n) is 5.54.